The van der Waals surface area contributed by atoms with Crippen LogP contribution >= 0.6 is 0 Å². The molecule has 3 aliphatic rings. The van der Waals surface area contributed by atoms with E-state index >= 15 is 0 Å². The van der Waals surface area contributed by atoms with Gasteiger partial charge in [-0.25, -0.2) is 0 Å². The van der Waals surface area contributed by atoms with Crippen LogP contribution in [0, 0.1) is 5.41 Å². The molecule has 2 unspecified atom stereocenters. The van der Waals surface area contributed by atoms with Gasteiger partial charge in [0.15, 0.2) is 0 Å². The van der Waals surface area contributed by atoms with Gasteiger partial charge in [-0.3, -0.25) is 4.90 Å². The van der Waals surface area contributed by atoms with Crippen molar-refractivity contribution in [2.45, 2.75) is 89.8 Å². The first-order chi connectivity index (χ1) is 8.98. The third kappa shape index (κ3) is 3.00. The summed E-state index contributed by atoms with van der Waals surface area (Å²) in [6, 6.07) is 1.82. The van der Waals surface area contributed by atoms with Crippen molar-refractivity contribution in [3.8, 4) is 0 Å². The van der Waals surface area contributed by atoms with Crippen LogP contribution in [-0.4, -0.2) is 35.7 Å². The topological polar surface area (TPSA) is 12.5 Å². The number of ether oxygens (including phenoxy) is 1. The lowest BCUT2D eigenvalue weighted by molar-refractivity contribution is -0.0958. The van der Waals surface area contributed by atoms with Crippen LogP contribution in [0.2, 0.25) is 0 Å². The average molecular weight is 265 g/mol. The molecule has 0 radical (unpaired) electrons. The molecule has 2 atom stereocenters. The number of rotatable bonds is 4. The fourth-order valence-corrected chi connectivity index (χ4v) is 4.26. The summed E-state index contributed by atoms with van der Waals surface area (Å²) in [4.78, 5) is 2.87. The van der Waals surface area contributed by atoms with E-state index in [-0.39, 0.29) is 5.60 Å². The molecule has 0 amide bonds. The third-order valence-electron chi connectivity index (χ3n) is 5.59. The normalized spacial score (nSPS) is 34.3. The van der Waals surface area contributed by atoms with E-state index in [1.54, 1.807) is 0 Å². The Labute approximate surface area is 118 Å². The molecule has 3 fully saturated rings. The highest BCUT2D eigenvalue weighted by Crippen LogP contribution is 2.46. The van der Waals surface area contributed by atoms with E-state index in [0.717, 1.165) is 18.7 Å². The van der Waals surface area contributed by atoms with Crippen LogP contribution in [0.1, 0.15) is 72.1 Å². The lowest BCUT2D eigenvalue weighted by Crippen LogP contribution is -2.51. The van der Waals surface area contributed by atoms with Crippen molar-refractivity contribution in [2.75, 3.05) is 13.2 Å². The summed E-state index contributed by atoms with van der Waals surface area (Å²) < 4.78 is 6.14. The highest BCUT2D eigenvalue weighted by molar-refractivity contribution is 4.98. The summed E-state index contributed by atoms with van der Waals surface area (Å²) >= 11 is 0. The maximum absolute atomic E-state index is 6.14. The summed E-state index contributed by atoms with van der Waals surface area (Å²) in [5.41, 5.74) is 0.509. The minimum absolute atomic E-state index is 0.0173. The zero-order chi connectivity index (χ0) is 13.5. The standard InChI is InChI=1S/C17H31NO/c1-16(2,3)19-13-17(10-5-11-17)12-18-14-6-4-7-15(18)9-8-14/h14-15H,4-13H2,1-3H3. The molecule has 2 aliphatic heterocycles. The molecule has 2 heterocycles. The summed E-state index contributed by atoms with van der Waals surface area (Å²) in [5.74, 6) is 0. The Morgan fingerprint density at radius 2 is 1.63 bits per heavy atom. The molecule has 0 aromatic carbocycles. The zero-order valence-corrected chi connectivity index (χ0v) is 13.1. The van der Waals surface area contributed by atoms with Crippen LogP contribution in [0.3, 0.4) is 0 Å². The van der Waals surface area contributed by atoms with Gasteiger partial charge < -0.3 is 4.74 Å². The molecule has 0 aromatic heterocycles. The van der Waals surface area contributed by atoms with Crippen LogP contribution in [0.5, 0.6) is 0 Å². The molecule has 1 aliphatic carbocycles. The smallest absolute Gasteiger partial charge is 0.0598 e. The van der Waals surface area contributed by atoms with Crippen molar-refractivity contribution in [1.29, 1.82) is 0 Å². The molecule has 19 heavy (non-hydrogen) atoms. The molecule has 2 bridgehead atoms. The van der Waals surface area contributed by atoms with E-state index in [4.69, 9.17) is 4.74 Å². The first-order valence-corrected chi connectivity index (χ1v) is 8.37. The molecule has 0 spiro atoms. The molecule has 2 heteroatoms. The van der Waals surface area contributed by atoms with E-state index in [1.165, 1.54) is 57.9 Å². The summed E-state index contributed by atoms with van der Waals surface area (Å²) in [5, 5.41) is 0. The molecule has 1 saturated carbocycles. The second kappa shape index (κ2) is 5.04. The van der Waals surface area contributed by atoms with Crippen molar-refractivity contribution in [3.63, 3.8) is 0 Å². The lowest BCUT2D eigenvalue weighted by atomic mass is 9.68. The van der Waals surface area contributed by atoms with Crippen molar-refractivity contribution < 1.29 is 4.74 Å². The molecule has 0 aromatic rings. The van der Waals surface area contributed by atoms with Crippen molar-refractivity contribution in [2.24, 2.45) is 5.41 Å². The number of fused-ring (bicyclic) bond motifs is 2. The van der Waals surface area contributed by atoms with E-state index in [2.05, 4.69) is 25.7 Å². The van der Waals surface area contributed by atoms with Crippen LogP contribution in [0.25, 0.3) is 0 Å². The van der Waals surface area contributed by atoms with Gasteiger partial charge in [-0.1, -0.05) is 12.8 Å². The van der Waals surface area contributed by atoms with Crippen molar-refractivity contribution >= 4 is 0 Å². The fraction of sp³-hybridized carbons (Fsp3) is 1.00. The average Bonchev–Trinajstić information content (AvgIpc) is 2.52. The fourth-order valence-electron chi connectivity index (χ4n) is 4.26. The first-order valence-electron chi connectivity index (χ1n) is 8.37. The number of piperidine rings is 1. The monoisotopic (exact) mass is 265 g/mol. The Morgan fingerprint density at radius 3 is 2.11 bits per heavy atom. The predicted octanol–water partition coefficient (Wildman–Crippen LogP) is 3.99. The van der Waals surface area contributed by atoms with Gasteiger partial charge in [0, 0.05) is 24.0 Å². The van der Waals surface area contributed by atoms with Gasteiger partial charge >= 0.3 is 0 Å². The Hall–Kier alpha value is -0.0800. The van der Waals surface area contributed by atoms with Gasteiger partial charge in [0.2, 0.25) is 0 Å². The SMILES string of the molecule is CC(C)(C)OCC1(CN2C3CCCC2CC3)CCC1. The first kappa shape index (κ1) is 13.9. The zero-order valence-electron chi connectivity index (χ0n) is 13.1. The van der Waals surface area contributed by atoms with Gasteiger partial charge in [-0.05, 0) is 59.3 Å². The summed E-state index contributed by atoms with van der Waals surface area (Å²) in [7, 11) is 0. The van der Waals surface area contributed by atoms with Crippen LogP contribution in [-0.2, 0) is 4.74 Å². The van der Waals surface area contributed by atoms with Gasteiger partial charge in [0.25, 0.3) is 0 Å². The second-order valence-corrected chi connectivity index (χ2v) is 8.24. The van der Waals surface area contributed by atoms with Gasteiger partial charge in [0.05, 0.1) is 12.2 Å². The van der Waals surface area contributed by atoms with Crippen LogP contribution in [0.4, 0.5) is 0 Å². The molecule has 2 nitrogen and oxygen atoms in total. The Bertz CT molecular complexity index is 300. The number of hydrogen-bond donors (Lipinski definition) is 0. The van der Waals surface area contributed by atoms with Gasteiger partial charge in [-0.15, -0.1) is 0 Å². The maximum Gasteiger partial charge on any atom is 0.0598 e. The van der Waals surface area contributed by atoms with Gasteiger partial charge in [-0.2, -0.15) is 0 Å². The van der Waals surface area contributed by atoms with Crippen molar-refractivity contribution in [1.82, 2.24) is 4.90 Å². The van der Waals surface area contributed by atoms with E-state index in [0.29, 0.717) is 5.41 Å². The van der Waals surface area contributed by atoms with E-state index in [9.17, 15) is 0 Å². The van der Waals surface area contributed by atoms with Crippen LogP contribution in [0.15, 0.2) is 0 Å². The molecule has 3 rings (SSSR count). The quantitative estimate of drug-likeness (QED) is 0.762. The van der Waals surface area contributed by atoms with Gasteiger partial charge in [0.1, 0.15) is 0 Å². The molecular weight excluding hydrogens is 234 g/mol. The molecule has 0 N–H and O–H groups in total. The second-order valence-electron chi connectivity index (χ2n) is 8.24. The maximum atomic E-state index is 6.14. The molecule has 110 valence electrons. The lowest BCUT2D eigenvalue weighted by Gasteiger charge is -2.48. The Balaban J connectivity index is 1.60. The largest absolute Gasteiger partial charge is 0.375 e. The Morgan fingerprint density at radius 1 is 1.00 bits per heavy atom. The highest BCUT2D eigenvalue weighted by Gasteiger charge is 2.45. The number of hydrogen-bond acceptors (Lipinski definition) is 2. The van der Waals surface area contributed by atoms with E-state index < -0.39 is 0 Å². The minimum Gasteiger partial charge on any atom is -0.375 e. The van der Waals surface area contributed by atoms with Crippen LogP contribution < -0.4 is 0 Å². The molecule has 2 saturated heterocycles. The number of nitrogens with zero attached hydrogens (tertiary/aromatic N) is 1. The highest BCUT2D eigenvalue weighted by atomic mass is 16.5. The summed E-state index contributed by atoms with van der Waals surface area (Å²) in [6.07, 6.45) is 11.5. The van der Waals surface area contributed by atoms with Crippen molar-refractivity contribution in [3.05, 3.63) is 0 Å². The third-order valence-corrected chi connectivity index (χ3v) is 5.59. The molecular formula is C17H31NO. The predicted molar refractivity (Wildman–Crippen MR) is 79.4 cm³/mol. The Kier molecular flexibility index (Phi) is 3.68. The summed E-state index contributed by atoms with van der Waals surface area (Å²) in [6.45, 7) is 8.85. The minimum atomic E-state index is 0.0173. The van der Waals surface area contributed by atoms with E-state index in [1.807, 2.05) is 0 Å².